The smallest absolute Gasteiger partial charge is 0.271 e. The Labute approximate surface area is 143 Å². The van der Waals surface area contributed by atoms with Crippen molar-refractivity contribution >= 4 is 23.4 Å². The lowest BCUT2D eigenvalue weighted by Crippen LogP contribution is -2.41. The summed E-state index contributed by atoms with van der Waals surface area (Å²) in [6.07, 6.45) is 3.83. The molecule has 1 aromatic heterocycles. The normalized spacial score (nSPS) is 10.2. The summed E-state index contributed by atoms with van der Waals surface area (Å²) in [6.45, 7) is 0. The molecule has 0 unspecified atom stereocenters. The van der Waals surface area contributed by atoms with Crippen LogP contribution < -0.4 is 10.9 Å². The fourth-order valence-electron chi connectivity index (χ4n) is 2.19. The molecule has 0 aliphatic carbocycles. The number of hydrazine groups is 1. The van der Waals surface area contributed by atoms with E-state index in [0.717, 1.165) is 5.69 Å². The summed E-state index contributed by atoms with van der Waals surface area (Å²) in [6, 6.07) is 17.5. The quantitative estimate of drug-likeness (QED) is 0.720. The fourth-order valence-corrected chi connectivity index (χ4v) is 2.41. The molecule has 1 heterocycles. The molecular weight excluding hydrogens is 326 g/mol. The van der Waals surface area contributed by atoms with Crippen molar-refractivity contribution in [3.63, 3.8) is 0 Å². The van der Waals surface area contributed by atoms with Gasteiger partial charge in [-0.05, 0) is 48.5 Å². The number of rotatable bonds is 3. The van der Waals surface area contributed by atoms with Crippen molar-refractivity contribution in [2.45, 2.75) is 0 Å². The van der Waals surface area contributed by atoms with Crippen LogP contribution in [-0.4, -0.2) is 16.4 Å². The second-order valence-corrected chi connectivity index (χ2v) is 5.43. The van der Waals surface area contributed by atoms with Gasteiger partial charge in [-0.2, -0.15) is 0 Å². The third-order valence-corrected chi connectivity index (χ3v) is 3.77. The molecule has 0 aliphatic rings. The van der Waals surface area contributed by atoms with Crippen LogP contribution in [0.1, 0.15) is 20.7 Å². The molecule has 3 rings (SSSR count). The lowest BCUT2D eigenvalue weighted by atomic mass is 10.2. The Morgan fingerprint density at radius 3 is 2.08 bits per heavy atom. The fraction of sp³-hybridized carbons (Fsp3) is 0. The van der Waals surface area contributed by atoms with Crippen molar-refractivity contribution in [1.29, 1.82) is 0 Å². The number of benzene rings is 2. The molecule has 120 valence electrons. The Balaban J connectivity index is 1.63. The number of hydrogen-bond acceptors (Lipinski definition) is 2. The van der Waals surface area contributed by atoms with E-state index in [1.165, 1.54) is 0 Å². The van der Waals surface area contributed by atoms with Crippen LogP contribution in [0.4, 0.5) is 0 Å². The summed E-state index contributed by atoms with van der Waals surface area (Å²) in [5.74, 6) is -0.882. The minimum atomic E-state index is -0.474. The molecule has 2 N–H and O–H groups in total. The van der Waals surface area contributed by atoms with Crippen molar-refractivity contribution in [1.82, 2.24) is 15.4 Å². The second kappa shape index (κ2) is 7.02. The van der Waals surface area contributed by atoms with E-state index < -0.39 is 11.8 Å². The van der Waals surface area contributed by atoms with Gasteiger partial charge in [0.05, 0.1) is 10.6 Å². The molecule has 0 spiro atoms. The van der Waals surface area contributed by atoms with Gasteiger partial charge in [-0.1, -0.05) is 23.7 Å². The third kappa shape index (κ3) is 3.47. The molecule has 0 bridgehead atoms. The van der Waals surface area contributed by atoms with Crippen LogP contribution in [0.5, 0.6) is 0 Å². The summed E-state index contributed by atoms with van der Waals surface area (Å²) < 4.78 is 1.93. The zero-order valence-corrected chi connectivity index (χ0v) is 13.3. The Hall–Kier alpha value is -3.05. The lowest BCUT2D eigenvalue weighted by molar-refractivity contribution is 0.0847. The molecule has 5 nitrogen and oxygen atoms in total. The number of nitrogens with zero attached hydrogens (tertiary/aromatic N) is 1. The zero-order chi connectivity index (χ0) is 16.9. The maximum absolute atomic E-state index is 12.1. The second-order valence-electron chi connectivity index (χ2n) is 5.03. The van der Waals surface area contributed by atoms with E-state index in [0.29, 0.717) is 16.1 Å². The third-order valence-electron chi connectivity index (χ3n) is 3.44. The number of carbonyl (C=O) groups excluding carboxylic acids is 2. The minimum Gasteiger partial charge on any atom is -0.324 e. The van der Waals surface area contributed by atoms with Gasteiger partial charge in [0.25, 0.3) is 11.8 Å². The number of amides is 2. The van der Waals surface area contributed by atoms with E-state index in [4.69, 9.17) is 11.6 Å². The van der Waals surface area contributed by atoms with Gasteiger partial charge in [0.1, 0.15) is 0 Å². The average molecular weight is 340 g/mol. The monoisotopic (exact) mass is 339 g/mol. The van der Waals surface area contributed by atoms with Gasteiger partial charge in [-0.15, -0.1) is 0 Å². The number of aromatic nitrogens is 1. The first-order valence-corrected chi connectivity index (χ1v) is 7.61. The van der Waals surface area contributed by atoms with Gasteiger partial charge >= 0.3 is 0 Å². The SMILES string of the molecule is O=C(NNC(=O)c1ccccc1Cl)c1ccc(-n2cccc2)cc1. The summed E-state index contributed by atoms with van der Waals surface area (Å²) >= 11 is 5.94. The van der Waals surface area contributed by atoms with Gasteiger partial charge in [0.15, 0.2) is 0 Å². The molecule has 0 radical (unpaired) electrons. The maximum atomic E-state index is 12.1. The maximum Gasteiger partial charge on any atom is 0.271 e. The average Bonchev–Trinajstić information content (AvgIpc) is 3.14. The molecule has 2 amide bonds. The van der Waals surface area contributed by atoms with Crippen molar-refractivity contribution in [2.75, 3.05) is 0 Å². The van der Waals surface area contributed by atoms with Crippen LogP contribution in [0.15, 0.2) is 73.1 Å². The van der Waals surface area contributed by atoms with E-state index >= 15 is 0 Å². The van der Waals surface area contributed by atoms with Crippen molar-refractivity contribution in [2.24, 2.45) is 0 Å². The highest BCUT2D eigenvalue weighted by Gasteiger charge is 2.11. The van der Waals surface area contributed by atoms with Crippen molar-refractivity contribution in [3.05, 3.63) is 89.2 Å². The molecule has 0 fully saturated rings. The number of hydrogen-bond donors (Lipinski definition) is 2. The highest BCUT2D eigenvalue weighted by Crippen LogP contribution is 2.14. The van der Waals surface area contributed by atoms with Gasteiger partial charge in [-0.3, -0.25) is 20.4 Å². The summed E-state index contributed by atoms with van der Waals surface area (Å²) in [5.41, 5.74) is 6.40. The number of halogens is 1. The zero-order valence-electron chi connectivity index (χ0n) is 12.6. The first-order valence-electron chi connectivity index (χ1n) is 7.24. The topological polar surface area (TPSA) is 63.1 Å². The van der Waals surface area contributed by atoms with Crippen LogP contribution in [0.3, 0.4) is 0 Å². The molecular formula is C18H14ClN3O2. The molecule has 0 aliphatic heterocycles. The van der Waals surface area contributed by atoms with Gasteiger partial charge in [-0.25, -0.2) is 0 Å². The molecule has 3 aromatic rings. The standard InChI is InChI=1S/C18H14ClN3O2/c19-16-6-2-1-5-15(16)18(24)21-20-17(23)13-7-9-14(10-8-13)22-11-3-4-12-22/h1-12H,(H,20,23)(H,21,24). The molecule has 0 atom stereocenters. The van der Waals surface area contributed by atoms with E-state index in [1.807, 2.05) is 41.2 Å². The van der Waals surface area contributed by atoms with Crippen LogP contribution in [0.2, 0.25) is 5.02 Å². The number of nitrogens with one attached hydrogen (secondary N) is 2. The Morgan fingerprint density at radius 1 is 0.792 bits per heavy atom. The van der Waals surface area contributed by atoms with E-state index in [9.17, 15) is 9.59 Å². The largest absolute Gasteiger partial charge is 0.324 e. The van der Waals surface area contributed by atoms with E-state index in [-0.39, 0.29) is 0 Å². The summed E-state index contributed by atoms with van der Waals surface area (Å²) in [7, 11) is 0. The predicted octanol–water partition coefficient (Wildman–Crippen LogP) is 3.21. The number of carbonyl (C=O) groups is 2. The molecule has 6 heteroatoms. The highest BCUT2D eigenvalue weighted by molar-refractivity contribution is 6.33. The minimum absolute atomic E-state index is 0.294. The van der Waals surface area contributed by atoms with E-state index in [1.54, 1.807) is 36.4 Å². The van der Waals surface area contributed by atoms with Gasteiger partial charge in [0, 0.05) is 23.6 Å². The molecule has 24 heavy (non-hydrogen) atoms. The predicted molar refractivity (Wildman–Crippen MR) is 92.2 cm³/mol. The Kier molecular flexibility index (Phi) is 4.63. The van der Waals surface area contributed by atoms with Crippen LogP contribution >= 0.6 is 11.6 Å². The Bertz CT molecular complexity index is 858. The molecule has 2 aromatic carbocycles. The van der Waals surface area contributed by atoms with Crippen molar-refractivity contribution < 1.29 is 9.59 Å². The highest BCUT2D eigenvalue weighted by atomic mass is 35.5. The summed E-state index contributed by atoms with van der Waals surface area (Å²) in [4.78, 5) is 24.1. The van der Waals surface area contributed by atoms with E-state index in [2.05, 4.69) is 10.9 Å². The first kappa shape index (κ1) is 15.8. The van der Waals surface area contributed by atoms with Crippen LogP contribution in [0.25, 0.3) is 5.69 Å². The van der Waals surface area contributed by atoms with Gasteiger partial charge in [0.2, 0.25) is 0 Å². The molecule has 0 saturated heterocycles. The molecule has 0 saturated carbocycles. The lowest BCUT2D eigenvalue weighted by Gasteiger charge is -2.09. The Morgan fingerprint density at radius 2 is 1.42 bits per heavy atom. The van der Waals surface area contributed by atoms with Crippen LogP contribution in [0, 0.1) is 0 Å². The van der Waals surface area contributed by atoms with Crippen LogP contribution in [-0.2, 0) is 0 Å². The summed E-state index contributed by atoms with van der Waals surface area (Å²) in [5, 5.41) is 0.320. The van der Waals surface area contributed by atoms with Gasteiger partial charge < -0.3 is 4.57 Å². The first-order chi connectivity index (χ1) is 11.6. The van der Waals surface area contributed by atoms with Crippen molar-refractivity contribution in [3.8, 4) is 5.69 Å².